The molecule has 0 aromatic rings. The van der Waals surface area contributed by atoms with Crippen LogP contribution in [0.2, 0.25) is 0 Å². The van der Waals surface area contributed by atoms with Gasteiger partial charge >= 0.3 is 6.03 Å². The van der Waals surface area contributed by atoms with E-state index in [1.807, 2.05) is 0 Å². The highest BCUT2D eigenvalue weighted by Crippen LogP contribution is 2.29. The highest BCUT2D eigenvalue weighted by atomic mass is 35.5. The van der Waals surface area contributed by atoms with Crippen LogP contribution in [0.3, 0.4) is 0 Å². The van der Waals surface area contributed by atoms with E-state index in [0.717, 1.165) is 19.4 Å². The lowest BCUT2D eigenvalue weighted by Crippen LogP contribution is -2.44. The fraction of sp³-hybridized carbons (Fsp3) is 0.875. The molecule has 0 bridgehead atoms. The van der Waals surface area contributed by atoms with Crippen LogP contribution in [-0.4, -0.2) is 18.1 Å². The summed E-state index contributed by atoms with van der Waals surface area (Å²) in [4.78, 5) is 10.9. The maximum Gasteiger partial charge on any atom is 0.315 e. The molecule has 1 heterocycles. The molecule has 0 radical (unpaired) electrons. The molecule has 1 spiro atoms. The van der Waals surface area contributed by atoms with Crippen molar-refractivity contribution in [3.63, 3.8) is 0 Å². The molecule has 1 aliphatic heterocycles. The van der Waals surface area contributed by atoms with Gasteiger partial charge in [0.05, 0.1) is 5.54 Å². The van der Waals surface area contributed by atoms with Gasteiger partial charge in [-0.05, 0) is 12.8 Å². The summed E-state index contributed by atoms with van der Waals surface area (Å²) in [6, 6.07) is 0.0203. The fourth-order valence-electron chi connectivity index (χ4n) is 2.11. The van der Waals surface area contributed by atoms with Gasteiger partial charge < -0.3 is 10.6 Å². The number of amides is 2. The third-order valence-corrected chi connectivity index (χ3v) is 2.78. The first kappa shape index (κ1) is 12.8. The van der Waals surface area contributed by atoms with Crippen molar-refractivity contribution < 1.29 is 4.79 Å². The molecular weight excluding hydrogens is 211 g/mol. The van der Waals surface area contributed by atoms with Gasteiger partial charge in [-0.15, -0.1) is 24.8 Å². The first-order valence-corrected chi connectivity index (χ1v) is 4.37. The van der Waals surface area contributed by atoms with Gasteiger partial charge in [-0.3, -0.25) is 0 Å². The topological polar surface area (TPSA) is 41.1 Å². The van der Waals surface area contributed by atoms with E-state index < -0.39 is 0 Å². The number of halogens is 2. The average Bonchev–Trinajstić information content (AvgIpc) is 2.34. The van der Waals surface area contributed by atoms with Crippen LogP contribution >= 0.6 is 24.8 Å². The third-order valence-electron chi connectivity index (χ3n) is 2.78. The summed E-state index contributed by atoms with van der Waals surface area (Å²) in [6.07, 6.45) is 6.18. The van der Waals surface area contributed by atoms with E-state index in [1.165, 1.54) is 19.3 Å². The van der Waals surface area contributed by atoms with Crippen molar-refractivity contribution in [2.75, 3.05) is 6.54 Å². The molecule has 3 nitrogen and oxygen atoms in total. The van der Waals surface area contributed by atoms with E-state index in [9.17, 15) is 4.79 Å². The Labute approximate surface area is 90.8 Å². The van der Waals surface area contributed by atoms with Crippen molar-refractivity contribution in [2.24, 2.45) is 0 Å². The smallest absolute Gasteiger partial charge is 0.315 e. The van der Waals surface area contributed by atoms with Gasteiger partial charge in [0.15, 0.2) is 0 Å². The molecule has 2 rings (SSSR count). The summed E-state index contributed by atoms with van der Waals surface area (Å²) in [7, 11) is 0. The molecule has 0 aromatic heterocycles. The van der Waals surface area contributed by atoms with E-state index in [0.29, 0.717) is 0 Å². The molecule has 2 amide bonds. The Kier molecular flexibility index (Phi) is 4.86. The highest BCUT2D eigenvalue weighted by Gasteiger charge is 2.37. The molecule has 78 valence electrons. The minimum Gasteiger partial charge on any atom is -0.336 e. The van der Waals surface area contributed by atoms with Crippen molar-refractivity contribution in [1.29, 1.82) is 0 Å². The Morgan fingerprint density at radius 2 is 1.69 bits per heavy atom. The zero-order valence-electron chi connectivity index (χ0n) is 7.47. The lowest BCUT2D eigenvalue weighted by Gasteiger charge is -2.31. The predicted molar refractivity (Wildman–Crippen MR) is 56.8 cm³/mol. The largest absolute Gasteiger partial charge is 0.336 e. The number of rotatable bonds is 0. The summed E-state index contributed by atoms with van der Waals surface area (Å²) in [5.74, 6) is 0. The Morgan fingerprint density at radius 1 is 1.08 bits per heavy atom. The molecule has 1 saturated carbocycles. The van der Waals surface area contributed by atoms with Crippen molar-refractivity contribution in [3.05, 3.63) is 0 Å². The van der Waals surface area contributed by atoms with E-state index in [4.69, 9.17) is 0 Å². The van der Waals surface area contributed by atoms with Crippen LogP contribution in [0.4, 0.5) is 4.79 Å². The van der Waals surface area contributed by atoms with Crippen molar-refractivity contribution in [1.82, 2.24) is 10.6 Å². The van der Waals surface area contributed by atoms with Crippen LogP contribution in [-0.2, 0) is 0 Å². The summed E-state index contributed by atoms with van der Waals surface area (Å²) < 4.78 is 0. The van der Waals surface area contributed by atoms with Gasteiger partial charge in [0.1, 0.15) is 0 Å². The quantitative estimate of drug-likeness (QED) is 0.651. The van der Waals surface area contributed by atoms with E-state index in [-0.39, 0.29) is 36.4 Å². The standard InChI is InChI=1S/C8H14N2O.2ClH/c11-7-9-6-8(10-7)4-2-1-3-5-8;;/h1-6H2,(H2,9,10,11);2*1H. The van der Waals surface area contributed by atoms with Crippen LogP contribution in [0.1, 0.15) is 32.1 Å². The first-order chi connectivity index (χ1) is 5.31. The lowest BCUT2D eigenvalue weighted by molar-refractivity contribution is 0.236. The zero-order chi connectivity index (χ0) is 7.73. The maximum absolute atomic E-state index is 10.9. The van der Waals surface area contributed by atoms with Crippen molar-refractivity contribution in [2.45, 2.75) is 37.6 Å². The Bertz CT molecular complexity index is 181. The molecule has 1 aliphatic carbocycles. The summed E-state index contributed by atoms with van der Waals surface area (Å²) in [6.45, 7) is 0.839. The number of carbonyl (C=O) groups is 1. The van der Waals surface area contributed by atoms with Gasteiger partial charge in [-0.2, -0.15) is 0 Å². The average molecular weight is 227 g/mol. The van der Waals surface area contributed by atoms with E-state index >= 15 is 0 Å². The Balaban J connectivity index is 0.000000720. The molecule has 0 unspecified atom stereocenters. The molecule has 0 aromatic carbocycles. The summed E-state index contributed by atoms with van der Waals surface area (Å²) in [5, 5.41) is 5.85. The van der Waals surface area contributed by atoms with Crippen LogP contribution in [0.15, 0.2) is 0 Å². The number of hydrogen-bond acceptors (Lipinski definition) is 1. The number of nitrogens with one attached hydrogen (secondary N) is 2. The second kappa shape index (κ2) is 4.91. The molecule has 13 heavy (non-hydrogen) atoms. The first-order valence-electron chi connectivity index (χ1n) is 4.37. The summed E-state index contributed by atoms with van der Waals surface area (Å²) >= 11 is 0. The van der Waals surface area contributed by atoms with Crippen LogP contribution in [0.5, 0.6) is 0 Å². The van der Waals surface area contributed by atoms with Gasteiger partial charge in [0, 0.05) is 6.54 Å². The normalized spacial score (nSPS) is 23.8. The second-order valence-electron chi connectivity index (χ2n) is 3.65. The predicted octanol–water partition coefficient (Wildman–Crippen LogP) is 1.85. The number of urea groups is 1. The van der Waals surface area contributed by atoms with Crippen LogP contribution in [0.25, 0.3) is 0 Å². The van der Waals surface area contributed by atoms with E-state index in [1.54, 1.807) is 0 Å². The minimum absolute atomic E-state index is 0. The van der Waals surface area contributed by atoms with Crippen LogP contribution < -0.4 is 10.6 Å². The molecule has 2 aliphatic rings. The Hall–Kier alpha value is -0.150. The SMILES string of the molecule is Cl.Cl.O=C1NCC2(CCCCC2)N1. The molecule has 5 heteroatoms. The molecule has 2 fully saturated rings. The third kappa shape index (κ3) is 2.64. The minimum atomic E-state index is 0. The van der Waals surface area contributed by atoms with Gasteiger partial charge in [-0.1, -0.05) is 19.3 Å². The molecule has 0 atom stereocenters. The molecule has 2 N–H and O–H groups in total. The van der Waals surface area contributed by atoms with Crippen molar-refractivity contribution in [3.8, 4) is 0 Å². The van der Waals surface area contributed by atoms with E-state index in [2.05, 4.69) is 10.6 Å². The number of hydrogen-bond donors (Lipinski definition) is 2. The van der Waals surface area contributed by atoms with Crippen molar-refractivity contribution >= 4 is 30.8 Å². The molecular formula is C8H16Cl2N2O. The number of carbonyl (C=O) groups excluding carboxylic acids is 1. The maximum atomic E-state index is 10.9. The van der Waals surface area contributed by atoms with Crippen LogP contribution in [0, 0.1) is 0 Å². The highest BCUT2D eigenvalue weighted by molar-refractivity contribution is 5.85. The van der Waals surface area contributed by atoms with Gasteiger partial charge in [0.25, 0.3) is 0 Å². The fourth-order valence-corrected chi connectivity index (χ4v) is 2.11. The van der Waals surface area contributed by atoms with Gasteiger partial charge in [0.2, 0.25) is 0 Å². The molecule has 1 saturated heterocycles. The second-order valence-corrected chi connectivity index (χ2v) is 3.65. The Morgan fingerprint density at radius 3 is 2.15 bits per heavy atom. The van der Waals surface area contributed by atoms with Gasteiger partial charge in [-0.25, -0.2) is 4.79 Å². The monoisotopic (exact) mass is 226 g/mol. The summed E-state index contributed by atoms with van der Waals surface area (Å²) in [5.41, 5.74) is 0.134. The lowest BCUT2D eigenvalue weighted by atomic mass is 9.82. The zero-order valence-corrected chi connectivity index (χ0v) is 9.10.